The first kappa shape index (κ1) is 14.4. The van der Waals surface area contributed by atoms with Crippen LogP contribution in [-0.4, -0.2) is 29.8 Å². The van der Waals surface area contributed by atoms with Crippen molar-refractivity contribution in [1.82, 2.24) is 15.5 Å². The monoisotopic (exact) mass is 304 g/mol. The highest BCUT2D eigenvalue weighted by Crippen LogP contribution is 2.24. The summed E-state index contributed by atoms with van der Waals surface area (Å²) >= 11 is 5.94. The number of aryl methyl sites for hydroxylation is 1. The number of nitrogens with one attached hydrogen (secondary N) is 2. The van der Waals surface area contributed by atoms with E-state index in [1.807, 2.05) is 18.3 Å². The zero-order chi connectivity index (χ0) is 14.7. The fraction of sp³-hybridized carbons (Fsp3) is 0.438. The van der Waals surface area contributed by atoms with E-state index >= 15 is 0 Å². The molecule has 0 spiro atoms. The van der Waals surface area contributed by atoms with Gasteiger partial charge in [-0.1, -0.05) is 11.6 Å². The summed E-state index contributed by atoms with van der Waals surface area (Å²) in [7, 11) is 0. The zero-order valence-electron chi connectivity index (χ0n) is 12.3. The van der Waals surface area contributed by atoms with Crippen LogP contribution in [0.15, 0.2) is 30.5 Å². The second kappa shape index (κ2) is 6.50. The molecule has 2 N–H and O–H groups in total. The largest absolute Gasteiger partial charge is 0.371 e. The topological polar surface area (TPSA) is 44.0 Å². The third-order valence-electron chi connectivity index (χ3n) is 4.15. The van der Waals surface area contributed by atoms with Gasteiger partial charge in [-0.05, 0) is 49.1 Å². The number of anilines is 1. The van der Waals surface area contributed by atoms with E-state index in [1.54, 1.807) is 0 Å². The lowest BCUT2D eigenvalue weighted by atomic mass is 10.1. The Morgan fingerprint density at radius 1 is 1.38 bits per heavy atom. The maximum atomic E-state index is 5.94. The van der Waals surface area contributed by atoms with Gasteiger partial charge in [0.15, 0.2) is 0 Å². The molecule has 0 bridgehead atoms. The van der Waals surface area contributed by atoms with Crippen molar-refractivity contribution in [2.45, 2.75) is 19.9 Å². The van der Waals surface area contributed by atoms with Crippen LogP contribution in [0.4, 0.5) is 5.69 Å². The first-order valence-electron chi connectivity index (χ1n) is 7.42. The third-order valence-corrected chi connectivity index (χ3v) is 4.40. The van der Waals surface area contributed by atoms with Crippen LogP contribution in [0.1, 0.15) is 17.7 Å². The molecule has 1 fully saturated rings. The van der Waals surface area contributed by atoms with Crippen molar-refractivity contribution in [3.05, 3.63) is 46.7 Å². The fourth-order valence-corrected chi connectivity index (χ4v) is 2.97. The molecule has 21 heavy (non-hydrogen) atoms. The van der Waals surface area contributed by atoms with Crippen molar-refractivity contribution in [2.75, 3.05) is 24.5 Å². The van der Waals surface area contributed by atoms with Crippen LogP contribution >= 0.6 is 11.6 Å². The van der Waals surface area contributed by atoms with Gasteiger partial charge in [0.05, 0.1) is 11.9 Å². The van der Waals surface area contributed by atoms with E-state index in [0.717, 1.165) is 31.2 Å². The van der Waals surface area contributed by atoms with Gasteiger partial charge < -0.3 is 10.2 Å². The molecule has 2 aromatic rings. The minimum atomic E-state index is 0.698. The van der Waals surface area contributed by atoms with Crippen LogP contribution in [-0.2, 0) is 6.54 Å². The third kappa shape index (κ3) is 3.57. The van der Waals surface area contributed by atoms with Gasteiger partial charge in [0.1, 0.15) is 0 Å². The molecule has 1 saturated heterocycles. The molecule has 5 heteroatoms. The molecule has 0 radical (unpaired) electrons. The van der Waals surface area contributed by atoms with Gasteiger partial charge in [-0.15, -0.1) is 0 Å². The lowest BCUT2D eigenvalue weighted by Gasteiger charge is -2.19. The molecule has 1 aromatic heterocycles. The number of hydrogen-bond donors (Lipinski definition) is 2. The van der Waals surface area contributed by atoms with Gasteiger partial charge in [-0.25, -0.2) is 0 Å². The quantitative estimate of drug-likeness (QED) is 0.892. The summed E-state index contributed by atoms with van der Waals surface area (Å²) in [6, 6.07) is 8.13. The maximum Gasteiger partial charge on any atom is 0.0519 e. The minimum Gasteiger partial charge on any atom is -0.371 e. The summed E-state index contributed by atoms with van der Waals surface area (Å²) in [4.78, 5) is 2.43. The summed E-state index contributed by atoms with van der Waals surface area (Å²) in [5.41, 5.74) is 3.67. The van der Waals surface area contributed by atoms with Crippen LogP contribution in [0.3, 0.4) is 0 Å². The van der Waals surface area contributed by atoms with E-state index in [-0.39, 0.29) is 0 Å². The first-order chi connectivity index (χ1) is 10.2. The van der Waals surface area contributed by atoms with Crippen molar-refractivity contribution in [2.24, 2.45) is 5.92 Å². The summed E-state index contributed by atoms with van der Waals surface area (Å²) in [6.07, 6.45) is 3.10. The fourth-order valence-electron chi connectivity index (χ4n) is 2.84. The number of halogens is 1. The Morgan fingerprint density at radius 3 is 2.90 bits per heavy atom. The molecule has 0 aliphatic carbocycles. The van der Waals surface area contributed by atoms with Gasteiger partial charge >= 0.3 is 0 Å². The van der Waals surface area contributed by atoms with Gasteiger partial charge in [-0.2, -0.15) is 5.10 Å². The minimum absolute atomic E-state index is 0.698. The summed E-state index contributed by atoms with van der Waals surface area (Å²) in [6.45, 7) is 6.22. The number of nitrogens with zero attached hydrogens (tertiary/aromatic N) is 2. The molecule has 3 rings (SSSR count). The Morgan fingerprint density at radius 2 is 2.19 bits per heavy atom. The molecule has 1 atom stereocenters. The van der Waals surface area contributed by atoms with E-state index in [2.05, 4.69) is 39.5 Å². The molecule has 1 aliphatic rings. The summed E-state index contributed by atoms with van der Waals surface area (Å²) in [5, 5.41) is 11.4. The van der Waals surface area contributed by atoms with E-state index in [0.29, 0.717) is 5.92 Å². The molecule has 2 heterocycles. The number of hydrogen-bond acceptors (Lipinski definition) is 3. The smallest absolute Gasteiger partial charge is 0.0519 e. The Kier molecular flexibility index (Phi) is 4.46. The Hall–Kier alpha value is -1.52. The number of H-pyrrole nitrogens is 1. The van der Waals surface area contributed by atoms with Crippen LogP contribution < -0.4 is 10.2 Å². The predicted octanol–water partition coefficient (Wildman–Crippen LogP) is 2.99. The highest BCUT2D eigenvalue weighted by Gasteiger charge is 2.22. The molecular weight excluding hydrogens is 284 g/mol. The number of aromatic nitrogens is 2. The average molecular weight is 305 g/mol. The molecule has 1 aliphatic heterocycles. The Labute approximate surface area is 130 Å². The van der Waals surface area contributed by atoms with Gasteiger partial charge in [0.2, 0.25) is 0 Å². The van der Waals surface area contributed by atoms with Gasteiger partial charge in [-0.3, -0.25) is 5.10 Å². The van der Waals surface area contributed by atoms with Crippen molar-refractivity contribution in [1.29, 1.82) is 0 Å². The van der Waals surface area contributed by atoms with Gasteiger partial charge in [0.25, 0.3) is 0 Å². The predicted molar refractivity (Wildman–Crippen MR) is 86.8 cm³/mol. The van der Waals surface area contributed by atoms with E-state index in [1.165, 1.54) is 23.4 Å². The van der Waals surface area contributed by atoms with Crippen molar-refractivity contribution >= 4 is 17.3 Å². The number of benzene rings is 1. The molecule has 112 valence electrons. The summed E-state index contributed by atoms with van der Waals surface area (Å²) < 4.78 is 0. The average Bonchev–Trinajstić information content (AvgIpc) is 3.10. The number of aromatic amines is 1. The van der Waals surface area contributed by atoms with Crippen LogP contribution in [0.25, 0.3) is 0 Å². The lowest BCUT2D eigenvalue weighted by molar-refractivity contribution is 0.513. The molecule has 1 unspecified atom stereocenters. The standard InChI is InChI=1S/C16H21ClN4/c1-12-8-19-20-16(12)10-18-9-13-6-7-21(11-13)15-4-2-14(17)3-5-15/h2-5,8,13,18H,6-7,9-11H2,1H3,(H,19,20). The first-order valence-corrected chi connectivity index (χ1v) is 7.80. The highest BCUT2D eigenvalue weighted by atomic mass is 35.5. The highest BCUT2D eigenvalue weighted by molar-refractivity contribution is 6.30. The lowest BCUT2D eigenvalue weighted by Crippen LogP contribution is -2.26. The van der Waals surface area contributed by atoms with E-state index in [9.17, 15) is 0 Å². The van der Waals surface area contributed by atoms with Crippen molar-refractivity contribution in [3.8, 4) is 0 Å². The zero-order valence-corrected chi connectivity index (χ0v) is 13.0. The second-order valence-electron chi connectivity index (χ2n) is 5.74. The van der Waals surface area contributed by atoms with Crippen molar-refractivity contribution in [3.63, 3.8) is 0 Å². The molecule has 0 saturated carbocycles. The Balaban J connectivity index is 1.46. The van der Waals surface area contributed by atoms with Crippen LogP contribution in [0, 0.1) is 12.8 Å². The number of rotatable bonds is 5. The van der Waals surface area contributed by atoms with Crippen molar-refractivity contribution < 1.29 is 0 Å². The maximum absolute atomic E-state index is 5.94. The molecule has 1 aromatic carbocycles. The van der Waals surface area contributed by atoms with Crippen LogP contribution in [0.2, 0.25) is 5.02 Å². The van der Waals surface area contributed by atoms with E-state index in [4.69, 9.17) is 11.6 Å². The van der Waals surface area contributed by atoms with Crippen LogP contribution in [0.5, 0.6) is 0 Å². The second-order valence-corrected chi connectivity index (χ2v) is 6.18. The molecule has 4 nitrogen and oxygen atoms in total. The molecule has 0 amide bonds. The Bertz CT molecular complexity index is 578. The molecular formula is C16H21ClN4. The van der Waals surface area contributed by atoms with Gasteiger partial charge in [0, 0.05) is 36.9 Å². The SMILES string of the molecule is Cc1cn[nH]c1CNCC1CCN(c2ccc(Cl)cc2)C1. The van der Waals surface area contributed by atoms with E-state index < -0.39 is 0 Å². The summed E-state index contributed by atoms with van der Waals surface area (Å²) in [5.74, 6) is 0.698. The normalized spacial score (nSPS) is 18.4.